The topological polar surface area (TPSA) is 30.2 Å². The molecule has 1 aromatic carbocycles. The Morgan fingerprint density at radius 3 is 2.94 bits per heavy atom. The number of aromatic nitrogens is 2. The highest BCUT2D eigenvalue weighted by Crippen LogP contribution is 2.22. The quantitative estimate of drug-likeness (QED) is 0.630. The van der Waals surface area contributed by atoms with Gasteiger partial charge in [-0.25, -0.2) is 0 Å². The second-order valence-corrected chi connectivity index (χ2v) is 4.36. The monoisotopic (exact) mass is 283 g/mol. The number of hydrogen-bond donors (Lipinski definition) is 0. The Bertz CT molecular complexity index is 588. The Labute approximate surface area is 114 Å². The van der Waals surface area contributed by atoms with Crippen molar-refractivity contribution >= 4 is 46.3 Å². The summed E-state index contributed by atoms with van der Waals surface area (Å²) in [5, 5.41) is 7.66. The maximum absolute atomic E-state index is 6.07. The number of aliphatic imine (C=N–C) groups is 1. The highest BCUT2D eigenvalue weighted by atomic mass is 35.5. The van der Waals surface area contributed by atoms with Crippen molar-refractivity contribution in [2.24, 2.45) is 4.99 Å². The molecule has 1 aromatic heterocycles. The minimum Gasteiger partial charge on any atom is -0.266 e. The average Bonchev–Trinajstić information content (AvgIpc) is 2.71. The van der Waals surface area contributed by atoms with Crippen molar-refractivity contribution in [1.29, 1.82) is 0 Å². The van der Waals surface area contributed by atoms with Gasteiger partial charge >= 0.3 is 0 Å². The van der Waals surface area contributed by atoms with Gasteiger partial charge in [-0.2, -0.15) is 10.1 Å². The van der Waals surface area contributed by atoms with Crippen LogP contribution in [-0.4, -0.2) is 14.9 Å². The van der Waals surface area contributed by atoms with Crippen LogP contribution < -0.4 is 0 Å². The maximum atomic E-state index is 6.07. The van der Waals surface area contributed by atoms with E-state index in [0.717, 1.165) is 5.56 Å². The smallest absolute Gasteiger partial charge is 0.112 e. The Morgan fingerprint density at radius 1 is 1.41 bits per heavy atom. The number of isothiocyanates is 1. The molecule has 0 bridgehead atoms. The molecule has 2 rings (SSSR count). The molecule has 6 heteroatoms. The Balaban J connectivity index is 2.22. The van der Waals surface area contributed by atoms with Gasteiger partial charge < -0.3 is 0 Å². The molecule has 0 N–H and O–H groups in total. The van der Waals surface area contributed by atoms with Crippen molar-refractivity contribution in [3.63, 3.8) is 0 Å². The first kappa shape index (κ1) is 12.3. The van der Waals surface area contributed by atoms with Crippen LogP contribution >= 0.6 is 35.4 Å². The molecule has 3 nitrogen and oxygen atoms in total. The Hall–Kier alpha value is -1.19. The van der Waals surface area contributed by atoms with Gasteiger partial charge in [-0.3, -0.25) is 4.68 Å². The Kier molecular flexibility index (Phi) is 3.92. The first-order chi connectivity index (χ1) is 8.19. The summed E-state index contributed by atoms with van der Waals surface area (Å²) in [5.41, 5.74) is 1.61. The highest BCUT2D eigenvalue weighted by molar-refractivity contribution is 7.78. The van der Waals surface area contributed by atoms with Crippen molar-refractivity contribution in [3.8, 4) is 0 Å². The van der Waals surface area contributed by atoms with E-state index in [9.17, 15) is 0 Å². The molecule has 0 amide bonds. The summed E-state index contributed by atoms with van der Waals surface area (Å²) >= 11 is 16.4. The number of thiocarbonyl (C=S) groups is 1. The van der Waals surface area contributed by atoms with E-state index >= 15 is 0 Å². The van der Waals surface area contributed by atoms with Crippen LogP contribution in [0.25, 0.3) is 0 Å². The van der Waals surface area contributed by atoms with Crippen LogP contribution in [0, 0.1) is 0 Å². The van der Waals surface area contributed by atoms with E-state index in [1.807, 2.05) is 6.07 Å². The maximum Gasteiger partial charge on any atom is 0.112 e. The zero-order chi connectivity index (χ0) is 12.3. The van der Waals surface area contributed by atoms with E-state index < -0.39 is 0 Å². The summed E-state index contributed by atoms with van der Waals surface area (Å²) in [4.78, 5) is 3.83. The van der Waals surface area contributed by atoms with Gasteiger partial charge in [-0.1, -0.05) is 29.3 Å². The summed E-state index contributed by atoms with van der Waals surface area (Å²) in [6.45, 7) is 0.558. The van der Waals surface area contributed by atoms with Crippen molar-refractivity contribution in [2.45, 2.75) is 6.54 Å². The fourth-order valence-corrected chi connectivity index (χ4v) is 1.95. The van der Waals surface area contributed by atoms with Gasteiger partial charge in [0.15, 0.2) is 0 Å². The number of nitrogens with zero attached hydrogens (tertiary/aromatic N) is 3. The molecular formula is C11H7Cl2N3S. The molecule has 17 heavy (non-hydrogen) atoms. The van der Waals surface area contributed by atoms with Crippen LogP contribution in [0.3, 0.4) is 0 Å². The van der Waals surface area contributed by atoms with E-state index in [2.05, 4.69) is 27.5 Å². The number of halogens is 2. The number of hydrogen-bond acceptors (Lipinski definition) is 3. The minimum absolute atomic E-state index is 0.558. The van der Waals surface area contributed by atoms with E-state index in [-0.39, 0.29) is 0 Å². The van der Waals surface area contributed by atoms with Gasteiger partial charge in [0.2, 0.25) is 0 Å². The number of rotatable bonds is 3. The van der Waals surface area contributed by atoms with Crippen molar-refractivity contribution in [1.82, 2.24) is 9.78 Å². The third-order valence-electron chi connectivity index (χ3n) is 2.14. The number of benzene rings is 1. The lowest BCUT2D eigenvalue weighted by Crippen LogP contribution is -2.00. The highest BCUT2D eigenvalue weighted by Gasteiger charge is 2.03. The minimum atomic E-state index is 0.558. The molecule has 0 saturated carbocycles. The molecule has 0 saturated heterocycles. The van der Waals surface area contributed by atoms with Gasteiger partial charge in [0.05, 0.1) is 24.1 Å². The van der Waals surface area contributed by atoms with Crippen LogP contribution in [0.4, 0.5) is 5.69 Å². The summed E-state index contributed by atoms with van der Waals surface area (Å²) in [5.74, 6) is 0. The lowest BCUT2D eigenvalue weighted by molar-refractivity contribution is 0.687. The summed E-state index contributed by atoms with van der Waals surface area (Å²) < 4.78 is 1.72. The van der Waals surface area contributed by atoms with Gasteiger partial charge in [0, 0.05) is 10.0 Å². The zero-order valence-corrected chi connectivity index (χ0v) is 10.9. The predicted molar refractivity (Wildman–Crippen MR) is 72.5 cm³/mol. The van der Waals surface area contributed by atoms with Crippen molar-refractivity contribution in [3.05, 3.63) is 46.2 Å². The summed E-state index contributed by atoms with van der Waals surface area (Å²) in [6.07, 6.45) is 3.38. The van der Waals surface area contributed by atoms with Crippen molar-refractivity contribution < 1.29 is 0 Å². The second kappa shape index (κ2) is 5.43. The zero-order valence-electron chi connectivity index (χ0n) is 8.60. The average molecular weight is 284 g/mol. The fourth-order valence-electron chi connectivity index (χ4n) is 1.37. The largest absolute Gasteiger partial charge is 0.266 e. The van der Waals surface area contributed by atoms with E-state index in [0.29, 0.717) is 22.3 Å². The molecule has 2 aromatic rings. The van der Waals surface area contributed by atoms with Crippen LogP contribution in [0.5, 0.6) is 0 Å². The lowest BCUT2D eigenvalue weighted by atomic mass is 10.2. The van der Waals surface area contributed by atoms with Gasteiger partial charge in [0.25, 0.3) is 0 Å². The molecule has 1 heterocycles. The third-order valence-corrected chi connectivity index (χ3v) is 2.82. The second-order valence-electron chi connectivity index (χ2n) is 3.33. The normalized spacial score (nSPS) is 10.0. The standard InChI is InChI=1S/C11H7Cl2N3S/c12-9-2-1-8(11(13)3-9)5-16-6-10(4-15-16)14-7-17/h1-4,6H,5H2. The third kappa shape index (κ3) is 3.14. The summed E-state index contributed by atoms with van der Waals surface area (Å²) in [7, 11) is 0. The van der Waals surface area contributed by atoms with Crippen LogP contribution in [0.15, 0.2) is 35.6 Å². The van der Waals surface area contributed by atoms with E-state index in [4.69, 9.17) is 23.2 Å². The molecule has 0 atom stereocenters. The van der Waals surface area contributed by atoms with Crippen LogP contribution in [-0.2, 0) is 6.54 Å². The molecule has 0 unspecified atom stereocenters. The van der Waals surface area contributed by atoms with E-state index in [1.54, 1.807) is 29.2 Å². The molecule has 0 spiro atoms. The van der Waals surface area contributed by atoms with Gasteiger partial charge in [-0.15, -0.1) is 0 Å². The predicted octanol–water partition coefficient (Wildman–Crippen LogP) is 3.97. The van der Waals surface area contributed by atoms with Crippen molar-refractivity contribution in [2.75, 3.05) is 0 Å². The molecule has 0 aliphatic heterocycles. The molecular weight excluding hydrogens is 277 g/mol. The van der Waals surface area contributed by atoms with Crippen LogP contribution in [0.1, 0.15) is 5.56 Å². The molecule has 0 radical (unpaired) electrons. The van der Waals surface area contributed by atoms with Crippen LogP contribution in [0.2, 0.25) is 10.0 Å². The Morgan fingerprint density at radius 2 is 2.24 bits per heavy atom. The van der Waals surface area contributed by atoms with Gasteiger partial charge in [0.1, 0.15) is 5.69 Å². The summed E-state index contributed by atoms with van der Waals surface area (Å²) in [6, 6.07) is 5.37. The van der Waals surface area contributed by atoms with E-state index in [1.165, 1.54) is 0 Å². The fraction of sp³-hybridized carbons (Fsp3) is 0.0909. The van der Waals surface area contributed by atoms with Gasteiger partial charge in [-0.05, 0) is 29.9 Å². The molecule has 86 valence electrons. The molecule has 0 fully saturated rings. The first-order valence-electron chi connectivity index (χ1n) is 4.73. The molecule has 0 aliphatic rings. The lowest BCUT2D eigenvalue weighted by Gasteiger charge is -2.04. The first-order valence-corrected chi connectivity index (χ1v) is 5.90. The SMILES string of the molecule is S=C=Nc1cnn(Cc2ccc(Cl)cc2Cl)c1. The molecule has 0 aliphatic carbocycles.